The fourth-order valence-electron chi connectivity index (χ4n) is 8.14. The number of amides is 2. The van der Waals surface area contributed by atoms with Gasteiger partial charge in [-0.2, -0.15) is 0 Å². The molecule has 0 N–H and O–H groups in total. The number of carbonyl (C=O) groups excluding carboxylic acids is 2. The van der Waals surface area contributed by atoms with E-state index in [0.717, 1.165) is 66.3 Å². The molecule has 0 atom stereocenters. The Balaban J connectivity index is 1.25. The highest BCUT2D eigenvalue weighted by molar-refractivity contribution is 6.37. The summed E-state index contributed by atoms with van der Waals surface area (Å²) in [5.74, 6) is -0.786. The molecule has 0 fully saturated rings. The first-order chi connectivity index (χ1) is 27.6. The summed E-state index contributed by atoms with van der Waals surface area (Å²) in [5, 5.41) is 1.98. The van der Waals surface area contributed by atoms with Crippen LogP contribution in [0.2, 0.25) is 0 Å². The topological polar surface area (TPSA) is 59.6 Å². The van der Waals surface area contributed by atoms with Gasteiger partial charge in [-0.25, -0.2) is 9.74 Å². The number of anilines is 1. The van der Waals surface area contributed by atoms with E-state index in [2.05, 4.69) is 50.8 Å². The normalized spacial score (nSPS) is 12.3. The number of pyridine rings is 1. The van der Waals surface area contributed by atoms with E-state index in [1.807, 2.05) is 127 Å². The highest BCUT2D eigenvalue weighted by Crippen LogP contribution is 2.47. The average Bonchev–Trinajstić information content (AvgIpc) is 3.74. The van der Waals surface area contributed by atoms with E-state index in [1.165, 1.54) is 4.90 Å². The maximum atomic E-state index is 15.4. The Morgan fingerprint density at radius 2 is 1.07 bits per heavy atom. The fourth-order valence-corrected chi connectivity index (χ4v) is 8.14. The number of rotatable bonds is 6. The molecule has 0 unspecified atom stereocenters. The lowest BCUT2D eigenvalue weighted by Gasteiger charge is -2.24. The molecular weight excluding hydrogens is 689 g/mol. The lowest BCUT2D eigenvalue weighted by atomic mass is 9.90. The van der Waals surface area contributed by atoms with Crippen molar-refractivity contribution in [3.05, 3.63) is 205 Å². The summed E-state index contributed by atoms with van der Waals surface area (Å²) in [4.78, 5) is 39.8. The lowest BCUT2D eigenvalue weighted by molar-refractivity contribution is 0.0926. The van der Waals surface area contributed by atoms with Gasteiger partial charge in [0.25, 0.3) is 11.8 Å². The summed E-state index contributed by atoms with van der Waals surface area (Å²) in [6.45, 7) is 7.65. The number of hydrogen-bond donors (Lipinski definition) is 0. The first-order valence-electron chi connectivity index (χ1n) is 18.3. The molecular formula is C50H30N4O2. The van der Waals surface area contributed by atoms with E-state index < -0.39 is 5.91 Å². The van der Waals surface area contributed by atoms with Gasteiger partial charge in [0.15, 0.2) is 0 Å². The Labute approximate surface area is 323 Å². The Morgan fingerprint density at radius 1 is 0.482 bits per heavy atom. The number of fused-ring (bicyclic) bond motifs is 4. The summed E-state index contributed by atoms with van der Waals surface area (Å²) in [5.41, 5.74) is 10.9. The highest BCUT2D eigenvalue weighted by Gasteiger charge is 2.42. The lowest BCUT2D eigenvalue weighted by Crippen LogP contribution is -2.30. The molecule has 0 bridgehead atoms. The molecule has 262 valence electrons. The van der Waals surface area contributed by atoms with Crippen LogP contribution in [0.4, 0.5) is 11.4 Å². The molecule has 3 heterocycles. The quantitative estimate of drug-likeness (QED) is 0.127. The van der Waals surface area contributed by atoms with Crippen molar-refractivity contribution in [3.63, 3.8) is 0 Å². The largest absolute Gasteiger partial charge is 0.308 e. The second-order valence-corrected chi connectivity index (χ2v) is 13.8. The van der Waals surface area contributed by atoms with E-state index >= 15 is 4.79 Å². The zero-order valence-electron chi connectivity index (χ0n) is 29.9. The van der Waals surface area contributed by atoms with Crippen LogP contribution < -0.4 is 4.90 Å². The van der Waals surface area contributed by atoms with Crippen LogP contribution in [0.15, 0.2) is 182 Å². The average molecular weight is 719 g/mol. The smallest absolute Gasteiger partial charge is 0.268 e. The number of imide groups is 1. The zero-order chi connectivity index (χ0) is 37.8. The van der Waals surface area contributed by atoms with Crippen molar-refractivity contribution < 1.29 is 9.59 Å². The number of benzene rings is 7. The minimum atomic E-state index is -0.400. The van der Waals surface area contributed by atoms with Crippen LogP contribution in [-0.4, -0.2) is 21.4 Å². The number of hydrogen-bond acceptors (Lipinski definition) is 3. The Hall–Kier alpha value is -7.88. The predicted octanol–water partition coefficient (Wildman–Crippen LogP) is 12.2. The van der Waals surface area contributed by atoms with E-state index in [-0.39, 0.29) is 5.91 Å². The summed E-state index contributed by atoms with van der Waals surface area (Å²) >= 11 is 0. The third kappa shape index (κ3) is 5.14. The highest BCUT2D eigenvalue weighted by atomic mass is 16.2. The molecule has 56 heavy (non-hydrogen) atoms. The molecule has 0 spiro atoms. The van der Waals surface area contributed by atoms with Crippen LogP contribution in [0.5, 0.6) is 0 Å². The van der Waals surface area contributed by atoms with Crippen molar-refractivity contribution >= 4 is 45.0 Å². The molecule has 9 aromatic rings. The SMILES string of the molecule is [C-]#[N+]c1cncc(-c2cccc3c4ccccc4n(-c4cccc5c4C(=O)N(c4c(-c6ccccc6)cc(-c6ccccc6)cc4-c4ccccc4)C5=O)c23)c1. The van der Waals surface area contributed by atoms with Crippen LogP contribution >= 0.6 is 0 Å². The summed E-state index contributed by atoms with van der Waals surface area (Å²) in [7, 11) is 0. The van der Waals surface area contributed by atoms with Crippen molar-refractivity contribution in [1.29, 1.82) is 0 Å². The van der Waals surface area contributed by atoms with Crippen LogP contribution in [0.3, 0.4) is 0 Å². The maximum Gasteiger partial charge on any atom is 0.268 e. The molecule has 0 radical (unpaired) electrons. The van der Waals surface area contributed by atoms with Crippen molar-refractivity contribution in [2.24, 2.45) is 0 Å². The predicted molar refractivity (Wildman–Crippen MR) is 224 cm³/mol. The van der Waals surface area contributed by atoms with E-state index in [9.17, 15) is 4.79 Å². The fraction of sp³-hybridized carbons (Fsp3) is 0. The maximum absolute atomic E-state index is 15.4. The molecule has 6 nitrogen and oxygen atoms in total. The molecule has 1 aliphatic heterocycles. The molecule has 0 aliphatic carbocycles. The second kappa shape index (κ2) is 13.2. The van der Waals surface area contributed by atoms with E-state index in [0.29, 0.717) is 28.2 Å². The monoisotopic (exact) mass is 718 g/mol. The summed E-state index contributed by atoms with van der Waals surface area (Å²) in [6, 6.07) is 55.7. The standard InChI is InChI=1S/C50H30N4O2/c1-51-37-27-36(30-52-31-37)38-22-13-23-40-39-21-11-12-25-44(39)53(47(38)40)45-26-14-24-41-46(45)50(56)54(49(41)55)48-42(33-17-7-3-8-18-33)28-35(32-15-5-2-6-16-32)29-43(48)34-19-9-4-10-20-34/h2-31H. The van der Waals surface area contributed by atoms with Crippen molar-refractivity contribution in [3.8, 4) is 50.2 Å². The van der Waals surface area contributed by atoms with Gasteiger partial charge < -0.3 is 4.57 Å². The van der Waals surface area contributed by atoms with Crippen LogP contribution in [0, 0.1) is 6.57 Å². The van der Waals surface area contributed by atoms with Crippen LogP contribution in [0.25, 0.3) is 76.8 Å². The van der Waals surface area contributed by atoms with Crippen molar-refractivity contribution in [2.75, 3.05) is 4.90 Å². The Bertz CT molecular complexity index is 3010. The van der Waals surface area contributed by atoms with Gasteiger partial charge in [0.05, 0.1) is 40.1 Å². The molecule has 7 aromatic carbocycles. The third-order valence-corrected chi connectivity index (χ3v) is 10.6. The number of nitrogens with zero attached hydrogens (tertiary/aromatic N) is 4. The van der Waals surface area contributed by atoms with Gasteiger partial charge in [-0.15, -0.1) is 0 Å². The van der Waals surface area contributed by atoms with Gasteiger partial charge in [-0.1, -0.05) is 133 Å². The molecule has 10 rings (SSSR count). The first kappa shape index (κ1) is 32.7. The van der Waals surface area contributed by atoms with Gasteiger partial charge >= 0.3 is 0 Å². The van der Waals surface area contributed by atoms with Gasteiger partial charge in [-0.3, -0.25) is 14.6 Å². The summed E-state index contributed by atoms with van der Waals surface area (Å²) < 4.78 is 2.09. The van der Waals surface area contributed by atoms with Gasteiger partial charge in [0, 0.05) is 39.9 Å². The number of para-hydroxylation sites is 2. The number of carbonyl (C=O) groups is 2. The van der Waals surface area contributed by atoms with Crippen molar-refractivity contribution in [2.45, 2.75) is 0 Å². The molecule has 2 amide bonds. The Kier molecular flexibility index (Phi) is 7.72. The van der Waals surface area contributed by atoms with Gasteiger partial charge in [0.2, 0.25) is 5.69 Å². The van der Waals surface area contributed by atoms with E-state index in [4.69, 9.17) is 6.57 Å². The molecule has 2 aromatic heterocycles. The summed E-state index contributed by atoms with van der Waals surface area (Å²) in [6.07, 6.45) is 3.31. The van der Waals surface area contributed by atoms with Gasteiger partial charge in [0.1, 0.15) is 0 Å². The minimum absolute atomic E-state index is 0.327. The second-order valence-electron chi connectivity index (χ2n) is 13.8. The Morgan fingerprint density at radius 3 is 1.75 bits per heavy atom. The molecule has 0 saturated carbocycles. The minimum Gasteiger partial charge on any atom is -0.308 e. The van der Waals surface area contributed by atoms with Gasteiger partial charge in [-0.05, 0) is 64.2 Å². The van der Waals surface area contributed by atoms with Crippen molar-refractivity contribution in [1.82, 2.24) is 9.55 Å². The number of aromatic nitrogens is 2. The first-order valence-corrected chi connectivity index (χ1v) is 18.3. The molecule has 1 aliphatic rings. The van der Waals surface area contributed by atoms with Crippen LogP contribution in [-0.2, 0) is 0 Å². The van der Waals surface area contributed by atoms with E-state index in [1.54, 1.807) is 18.5 Å². The molecule has 0 saturated heterocycles. The molecule has 6 heteroatoms. The zero-order valence-corrected chi connectivity index (χ0v) is 29.9. The third-order valence-electron chi connectivity index (χ3n) is 10.6. The van der Waals surface area contributed by atoms with Crippen LogP contribution in [0.1, 0.15) is 20.7 Å².